The van der Waals surface area contributed by atoms with E-state index < -0.39 is 5.97 Å². The van der Waals surface area contributed by atoms with Crippen molar-refractivity contribution in [3.8, 4) is 0 Å². The molecule has 1 aromatic rings. The van der Waals surface area contributed by atoms with E-state index in [9.17, 15) is 4.79 Å². The van der Waals surface area contributed by atoms with Crippen LogP contribution < -0.4 is 5.32 Å². The predicted molar refractivity (Wildman–Crippen MR) is 64.0 cm³/mol. The maximum atomic E-state index is 11.0. The number of carboxylic acid groups (broad SMARTS) is 1. The van der Waals surface area contributed by atoms with Crippen molar-refractivity contribution in [2.24, 2.45) is 0 Å². The number of benzene rings is 1. The first-order valence-corrected chi connectivity index (χ1v) is 6.06. The lowest BCUT2D eigenvalue weighted by Gasteiger charge is -2.09. The number of carbonyl (C=O) groups is 1. The average molecular weight is 225 g/mol. The van der Waals surface area contributed by atoms with Crippen LogP contribution in [0.1, 0.15) is 23.7 Å². The number of hydrogen-bond donors (Lipinski definition) is 2. The van der Waals surface area contributed by atoms with Crippen LogP contribution in [-0.4, -0.2) is 23.9 Å². The molecule has 0 bridgehead atoms. The number of aromatic carboxylic acids is 1. The van der Waals surface area contributed by atoms with E-state index in [0.717, 1.165) is 17.9 Å². The van der Waals surface area contributed by atoms with Gasteiger partial charge in [-0.1, -0.05) is 6.92 Å². The molecule has 0 radical (unpaired) electrons. The molecule has 2 N–H and O–H groups in total. The van der Waals surface area contributed by atoms with E-state index in [1.165, 1.54) is 0 Å². The minimum absolute atomic E-state index is 0.343. The van der Waals surface area contributed by atoms with Crippen molar-refractivity contribution in [3.63, 3.8) is 0 Å². The molecule has 15 heavy (non-hydrogen) atoms. The number of carboxylic acids is 1. The van der Waals surface area contributed by atoms with Gasteiger partial charge in [-0.05, 0) is 30.9 Å². The lowest BCUT2D eigenvalue weighted by atomic mass is 10.2. The molecule has 0 heterocycles. The van der Waals surface area contributed by atoms with Gasteiger partial charge in [0.25, 0.3) is 0 Å². The molecule has 0 aromatic heterocycles. The monoisotopic (exact) mass is 225 g/mol. The molecule has 0 amide bonds. The summed E-state index contributed by atoms with van der Waals surface area (Å²) in [5.41, 5.74) is 1.04. The molecule has 3 nitrogen and oxygen atoms in total. The summed E-state index contributed by atoms with van der Waals surface area (Å²) >= 11 is 1.54. The van der Waals surface area contributed by atoms with Gasteiger partial charge in [-0.25, -0.2) is 4.79 Å². The van der Waals surface area contributed by atoms with Crippen molar-refractivity contribution < 1.29 is 9.90 Å². The standard InChI is InChI=1S/C11H15NO2S/c1-3-6-12-10-5-4-8(15-2)7-9(10)11(13)14/h4-5,7,12H,3,6H2,1-2H3,(H,13,14). The van der Waals surface area contributed by atoms with Crippen molar-refractivity contribution in [1.82, 2.24) is 0 Å². The normalized spacial score (nSPS) is 10.0. The summed E-state index contributed by atoms with van der Waals surface area (Å²) in [6.45, 7) is 2.84. The first-order chi connectivity index (χ1) is 7.19. The van der Waals surface area contributed by atoms with Gasteiger partial charge in [0.2, 0.25) is 0 Å². The summed E-state index contributed by atoms with van der Waals surface area (Å²) in [6.07, 6.45) is 2.91. The van der Waals surface area contributed by atoms with E-state index in [4.69, 9.17) is 5.11 Å². The molecule has 0 aliphatic heterocycles. The molecule has 0 atom stereocenters. The van der Waals surface area contributed by atoms with Gasteiger partial charge in [0.15, 0.2) is 0 Å². The van der Waals surface area contributed by atoms with Crippen molar-refractivity contribution >= 4 is 23.4 Å². The zero-order valence-electron chi connectivity index (χ0n) is 8.91. The summed E-state index contributed by atoms with van der Waals surface area (Å²) in [5.74, 6) is -0.885. The molecule has 0 aliphatic carbocycles. The fraction of sp³-hybridized carbons (Fsp3) is 0.364. The Bertz CT molecular complexity index is 352. The summed E-state index contributed by atoms with van der Waals surface area (Å²) in [7, 11) is 0. The molecule has 0 fully saturated rings. The molecule has 0 aliphatic rings. The highest BCUT2D eigenvalue weighted by Gasteiger charge is 2.10. The first kappa shape index (κ1) is 11.9. The zero-order chi connectivity index (χ0) is 11.3. The van der Waals surface area contributed by atoms with E-state index in [1.807, 2.05) is 25.3 Å². The molecule has 0 spiro atoms. The Kier molecular flexibility index (Phi) is 4.49. The first-order valence-electron chi connectivity index (χ1n) is 4.84. The Morgan fingerprint density at radius 1 is 1.53 bits per heavy atom. The van der Waals surface area contributed by atoms with Gasteiger partial charge in [0.1, 0.15) is 0 Å². The van der Waals surface area contributed by atoms with E-state index in [0.29, 0.717) is 11.3 Å². The van der Waals surface area contributed by atoms with Crippen LogP contribution in [0.25, 0.3) is 0 Å². The van der Waals surface area contributed by atoms with Crippen LogP contribution in [0.5, 0.6) is 0 Å². The zero-order valence-corrected chi connectivity index (χ0v) is 9.73. The van der Waals surface area contributed by atoms with Crippen LogP contribution in [0.4, 0.5) is 5.69 Å². The number of anilines is 1. The fourth-order valence-electron chi connectivity index (χ4n) is 1.24. The van der Waals surface area contributed by atoms with Crippen molar-refractivity contribution in [2.75, 3.05) is 18.1 Å². The van der Waals surface area contributed by atoms with Crippen LogP contribution >= 0.6 is 11.8 Å². The molecule has 4 heteroatoms. The van der Waals surface area contributed by atoms with Gasteiger partial charge in [-0.2, -0.15) is 0 Å². The summed E-state index contributed by atoms with van der Waals surface area (Å²) in [6, 6.07) is 5.45. The highest BCUT2D eigenvalue weighted by Crippen LogP contribution is 2.23. The lowest BCUT2D eigenvalue weighted by Crippen LogP contribution is -2.07. The van der Waals surface area contributed by atoms with Gasteiger partial charge < -0.3 is 10.4 Å². The van der Waals surface area contributed by atoms with E-state index in [2.05, 4.69) is 5.32 Å². The van der Waals surface area contributed by atoms with Crippen molar-refractivity contribution in [2.45, 2.75) is 18.2 Å². The molecular formula is C11H15NO2S. The van der Waals surface area contributed by atoms with Crippen molar-refractivity contribution in [1.29, 1.82) is 0 Å². The molecule has 1 rings (SSSR count). The van der Waals surface area contributed by atoms with E-state index in [-0.39, 0.29) is 0 Å². The highest BCUT2D eigenvalue weighted by molar-refractivity contribution is 7.98. The SMILES string of the molecule is CCCNc1ccc(SC)cc1C(=O)O. The van der Waals surface area contributed by atoms with E-state index >= 15 is 0 Å². The van der Waals surface area contributed by atoms with Crippen LogP contribution in [0.2, 0.25) is 0 Å². The third kappa shape index (κ3) is 3.16. The molecule has 0 unspecified atom stereocenters. The Labute approximate surface area is 93.9 Å². The maximum Gasteiger partial charge on any atom is 0.337 e. The van der Waals surface area contributed by atoms with Gasteiger partial charge in [0, 0.05) is 17.1 Å². The smallest absolute Gasteiger partial charge is 0.337 e. The Balaban J connectivity index is 2.98. The fourth-order valence-corrected chi connectivity index (χ4v) is 1.68. The summed E-state index contributed by atoms with van der Waals surface area (Å²) in [4.78, 5) is 12.0. The van der Waals surface area contributed by atoms with Gasteiger partial charge in [-0.15, -0.1) is 11.8 Å². The Hall–Kier alpha value is -1.16. The second-order valence-electron chi connectivity index (χ2n) is 3.14. The van der Waals surface area contributed by atoms with Gasteiger partial charge in [-0.3, -0.25) is 0 Å². The van der Waals surface area contributed by atoms with Crippen LogP contribution in [0.15, 0.2) is 23.1 Å². The van der Waals surface area contributed by atoms with E-state index in [1.54, 1.807) is 17.8 Å². The Morgan fingerprint density at radius 3 is 2.80 bits per heavy atom. The second kappa shape index (κ2) is 5.66. The molecule has 1 aromatic carbocycles. The van der Waals surface area contributed by atoms with Crippen LogP contribution in [0.3, 0.4) is 0 Å². The predicted octanol–water partition coefficient (Wildman–Crippen LogP) is 2.93. The summed E-state index contributed by atoms with van der Waals surface area (Å²) in [5, 5.41) is 12.1. The van der Waals surface area contributed by atoms with Gasteiger partial charge in [0.05, 0.1) is 5.56 Å². The topological polar surface area (TPSA) is 49.3 Å². The van der Waals surface area contributed by atoms with Crippen LogP contribution in [0, 0.1) is 0 Å². The quantitative estimate of drug-likeness (QED) is 0.756. The highest BCUT2D eigenvalue weighted by atomic mass is 32.2. The van der Waals surface area contributed by atoms with Crippen LogP contribution in [-0.2, 0) is 0 Å². The maximum absolute atomic E-state index is 11.0. The molecule has 82 valence electrons. The van der Waals surface area contributed by atoms with Gasteiger partial charge >= 0.3 is 5.97 Å². The Morgan fingerprint density at radius 2 is 2.27 bits per heavy atom. The third-order valence-electron chi connectivity index (χ3n) is 2.02. The minimum Gasteiger partial charge on any atom is -0.478 e. The molecular weight excluding hydrogens is 210 g/mol. The lowest BCUT2D eigenvalue weighted by molar-refractivity contribution is 0.0697. The third-order valence-corrected chi connectivity index (χ3v) is 2.75. The number of thioether (sulfide) groups is 1. The molecule has 0 saturated heterocycles. The number of nitrogens with one attached hydrogen (secondary N) is 1. The second-order valence-corrected chi connectivity index (χ2v) is 4.02. The van der Waals surface area contributed by atoms with Crippen molar-refractivity contribution in [3.05, 3.63) is 23.8 Å². The minimum atomic E-state index is -0.885. The number of rotatable bonds is 5. The summed E-state index contributed by atoms with van der Waals surface area (Å²) < 4.78 is 0. The number of hydrogen-bond acceptors (Lipinski definition) is 3. The average Bonchev–Trinajstić information content (AvgIpc) is 2.26. The molecule has 0 saturated carbocycles. The largest absolute Gasteiger partial charge is 0.478 e.